The lowest BCUT2D eigenvalue weighted by molar-refractivity contribution is 0.223. The summed E-state index contributed by atoms with van der Waals surface area (Å²) < 4.78 is 7.36. The molecule has 1 heterocycles. The van der Waals surface area contributed by atoms with Crippen LogP contribution >= 0.6 is 11.3 Å². The second-order valence-electron chi connectivity index (χ2n) is 7.21. The molecule has 0 fully saturated rings. The van der Waals surface area contributed by atoms with Crippen LogP contribution in [0.25, 0.3) is 10.1 Å². The van der Waals surface area contributed by atoms with E-state index in [1.54, 1.807) is 11.3 Å². The van der Waals surface area contributed by atoms with Crippen molar-refractivity contribution in [2.75, 3.05) is 6.61 Å². The van der Waals surface area contributed by atoms with Gasteiger partial charge in [-0.15, -0.1) is 11.3 Å². The maximum atomic E-state index is 11.2. The molecule has 1 atom stereocenters. The van der Waals surface area contributed by atoms with E-state index < -0.39 is 6.10 Å². The highest BCUT2D eigenvalue weighted by Gasteiger charge is 2.26. The number of unbranched alkanes of at least 4 members (excludes halogenated alkanes) is 1. The van der Waals surface area contributed by atoms with Crippen molar-refractivity contribution in [2.45, 2.75) is 45.1 Å². The van der Waals surface area contributed by atoms with Crippen LogP contribution < -0.4 is 10.2 Å². The summed E-state index contributed by atoms with van der Waals surface area (Å²) in [5, 5.41) is 12.4. The number of rotatable bonds is 6. The van der Waals surface area contributed by atoms with Crippen molar-refractivity contribution in [3.63, 3.8) is 0 Å². The number of hydrogen-bond donors (Lipinski definition) is 1. The van der Waals surface area contributed by atoms with Crippen LogP contribution in [-0.4, -0.2) is 19.6 Å². The van der Waals surface area contributed by atoms with Crippen molar-refractivity contribution in [1.82, 2.24) is 0 Å². The SMILES string of the molecule is Bc1cc(C(O)c2cc3ccccc3s2)c2c(c1OCCCC)CCC2. The highest BCUT2D eigenvalue weighted by atomic mass is 32.1. The Hall–Kier alpha value is -1.78. The lowest BCUT2D eigenvalue weighted by Crippen LogP contribution is -2.16. The van der Waals surface area contributed by atoms with Crippen molar-refractivity contribution in [1.29, 1.82) is 0 Å². The van der Waals surface area contributed by atoms with Gasteiger partial charge in [-0.3, -0.25) is 0 Å². The molecule has 134 valence electrons. The first kappa shape index (κ1) is 17.6. The van der Waals surface area contributed by atoms with Crippen LogP contribution in [0.3, 0.4) is 0 Å². The summed E-state index contributed by atoms with van der Waals surface area (Å²) in [5.41, 5.74) is 4.87. The molecule has 0 spiro atoms. The molecule has 0 bridgehead atoms. The predicted molar refractivity (Wildman–Crippen MR) is 113 cm³/mol. The molecule has 1 aliphatic carbocycles. The number of hydrogen-bond acceptors (Lipinski definition) is 3. The van der Waals surface area contributed by atoms with Crippen molar-refractivity contribution in [2.24, 2.45) is 0 Å². The Kier molecular flexibility index (Phi) is 5.06. The van der Waals surface area contributed by atoms with E-state index in [0.29, 0.717) is 0 Å². The molecular formula is C22H25BO2S. The number of thiophene rings is 1. The maximum Gasteiger partial charge on any atom is 0.144 e. The van der Waals surface area contributed by atoms with Crippen LogP contribution in [0.5, 0.6) is 5.75 Å². The van der Waals surface area contributed by atoms with Crippen LogP contribution in [-0.2, 0) is 12.8 Å². The van der Waals surface area contributed by atoms with Crippen LogP contribution in [0, 0.1) is 0 Å². The average molecular weight is 364 g/mol. The molecule has 1 aliphatic rings. The highest BCUT2D eigenvalue weighted by Crippen LogP contribution is 2.39. The minimum Gasteiger partial charge on any atom is -0.494 e. The van der Waals surface area contributed by atoms with E-state index in [1.807, 2.05) is 0 Å². The average Bonchev–Trinajstić information content (AvgIpc) is 3.29. The van der Waals surface area contributed by atoms with Gasteiger partial charge in [0.2, 0.25) is 0 Å². The van der Waals surface area contributed by atoms with Gasteiger partial charge in [-0.25, -0.2) is 0 Å². The summed E-state index contributed by atoms with van der Waals surface area (Å²) in [6, 6.07) is 12.6. The van der Waals surface area contributed by atoms with E-state index in [2.05, 4.69) is 51.2 Å². The summed E-state index contributed by atoms with van der Waals surface area (Å²) in [4.78, 5) is 1.03. The van der Waals surface area contributed by atoms with Gasteiger partial charge in [0.25, 0.3) is 0 Å². The molecule has 0 amide bonds. The number of ether oxygens (including phenoxy) is 1. The zero-order chi connectivity index (χ0) is 18.1. The van der Waals surface area contributed by atoms with E-state index >= 15 is 0 Å². The Morgan fingerprint density at radius 2 is 2.00 bits per heavy atom. The van der Waals surface area contributed by atoms with Crippen LogP contribution in [0.1, 0.15) is 53.9 Å². The lowest BCUT2D eigenvalue weighted by atomic mass is 9.86. The summed E-state index contributed by atoms with van der Waals surface area (Å²) in [7, 11) is 2.11. The van der Waals surface area contributed by atoms with Crippen LogP contribution in [0.2, 0.25) is 0 Å². The molecule has 4 rings (SSSR count). The molecular weight excluding hydrogens is 339 g/mol. The lowest BCUT2D eigenvalue weighted by Gasteiger charge is -2.20. The molecule has 0 saturated carbocycles. The predicted octanol–water partition coefficient (Wildman–Crippen LogP) is 3.91. The quantitative estimate of drug-likeness (QED) is 0.531. The Morgan fingerprint density at radius 1 is 1.19 bits per heavy atom. The van der Waals surface area contributed by atoms with Gasteiger partial charge in [-0.2, -0.15) is 0 Å². The summed E-state index contributed by atoms with van der Waals surface area (Å²) in [5.74, 6) is 1.07. The van der Waals surface area contributed by atoms with Crippen molar-refractivity contribution < 1.29 is 9.84 Å². The third kappa shape index (κ3) is 3.17. The monoisotopic (exact) mass is 364 g/mol. The number of aliphatic hydroxyl groups is 1. The Labute approximate surface area is 160 Å². The summed E-state index contributed by atoms with van der Waals surface area (Å²) in [6.07, 6.45) is 4.92. The third-order valence-corrected chi connectivity index (χ3v) is 6.49. The smallest absolute Gasteiger partial charge is 0.144 e. The van der Waals surface area contributed by atoms with Gasteiger partial charge in [0.1, 0.15) is 19.7 Å². The highest BCUT2D eigenvalue weighted by molar-refractivity contribution is 7.19. The molecule has 0 saturated heterocycles. The fourth-order valence-corrected chi connectivity index (χ4v) is 5.06. The fraction of sp³-hybridized carbons (Fsp3) is 0.364. The Morgan fingerprint density at radius 3 is 2.81 bits per heavy atom. The first-order valence-corrected chi connectivity index (χ1v) is 10.4. The summed E-state index contributed by atoms with van der Waals surface area (Å²) in [6.45, 7) is 2.97. The van der Waals surface area contributed by atoms with Gasteiger partial charge in [-0.1, -0.05) is 37.6 Å². The molecule has 0 radical (unpaired) electrons. The van der Waals surface area contributed by atoms with Gasteiger partial charge < -0.3 is 9.84 Å². The van der Waals surface area contributed by atoms with Gasteiger partial charge in [0.05, 0.1) is 6.61 Å². The molecule has 4 heteroatoms. The third-order valence-electron chi connectivity index (χ3n) is 5.32. The minimum absolute atomic E-state index is 0.553. The molecule has 0 aliphatic heterocycles. The van der Waals surface area contributed by atoms with Crippen LogP contribution in [0.4, 0.5) is 0 Å². The number of benzene rings is 2. The Bertz CT molecular complexity index is 898. The molecule has 1 aromatic heterocycles. The molecule has 1 N–H and O–H groups in total. The molecule has 2 aromatic carbocycles. The van der Waals surface area contributed by atoms with Gasteiger partial charge >= 0.3 is 0 Å². The normalized spacial score (nSPS) is 14.5. The molecule has 2 nitrogen and oxygen atoms in total. The van der Waals surface area contributed by atoms with Crippen molar-refractivity contribution in [3.05, 3.63) is 58.0 Å². The standard InChI is InChI=1S/C22H25BO2S/c1-2-3-11-25-22-16-9-6-8-15(16)17(13-18(22)23)21(24)20-12-14-7-4-5-10-19(14)26-20/h4-5,7,10,12-13,21,24H,2-3,6,8-9,11,23H2,1H3. The first-order chi connectivity index (χ1) is 12.7. The fourth-order valence-electron chi connectivity index (χ4n) is 3.99. The summed E-state index contributed by atoms with van der Waals surface area (Å²) >= 11 is 1.69. The van der Waals surface area contributed by atoms with E-state index in [9.17, 15) is 5.11 Å². The van der Waals surface area contributed by atoms with Gasteiger partial charge in [0.15, 0.2) is 0 Å². The topological polar surface area (TPSA) is 29.5 Å². The zero-order valence-electron chi connectivity index (χ0n) is 15.5. The van der Waals surface area contributed by atoms with E-state index in [1.165, 1.54) is 21.2 Å². The second kappa shape index (κ2) is 7.46. The number of fused-ring (bicyclic) bond motifs is 2. The van der Waals surface area contributed by atoms with E-state index in [4.69, 9.17) is 4.74 Å². The first-order valence-electron chi connectivity index (χ1n) is 9.63. The van der Waals surface area contributed by atoms with Crippen molar-refractivity contribution in [3.8, 4) is 5.75 Å². The zero-order valence-corrected chi connectivity index (χ0v) is 16.4. The largest absolute Gasteiger partial charge is 0.494 e. The maximum absolute atomic E-state index is 11.2. The second-order valence-corrected chi connectivity index (χ2v) is 8.33. The van der Waals surface area contributed by atoms with E-state index in [-0.39, 0.29) is 0 Å². The molecule has 1 unspecified atom stereocenters. The Balaban J connectivity index is 1.72. The van der Waals surface area contributed by atoms with Crippen LogP contribution in [0.15, 0.2) is 36.4 Å². The van der Waals surface area contributed by atoms with E-state index in [0.717, 1.165) is 60.4 Å². The number of aliphatic hydroxyl groups excluding tert-OH is 1. The van der Waals surface area contributed by atoms with Crippen molar-refractivity contribution >= 4 is 34.7 Å². The van der Waals surface area contributed by atoms with Gasteiger partial charge in [-0.05, 0) is 65.4 Å². The minimum atomic E-state index is -0.553. The molecule has 3 aromatic rings. The van der Waals surface area contributed by atoms with Gasteiger partial charge in [0, 0.05) is 9.58 Å². The molecule has 26 heavy (non-hydrogen) atoms.